The van der Waals surface area contributed by atoms with E-state index < -0.39 is 27.2 Å². The summed E-state index contributed by atoms with van der Waals surface area (Å²) in [5.74, 6) is -1.75. The number of Topliss-reactive ketones (excluding diaryl/α,β-unsaturated/α-hetero) is 1. The number of halogens is 1. The van der Waals surface area contributed by atoms with Gasteiger partial charge in [0.15, 0.2) is 0 Å². The Morgan fingerprint density at radius 2 is 2.05 bits per heavy atom. The first-order valence-electron chi connectivity index (χ1n) is 6.70. The van der Waals surface area contributed by atoms with E-state index in [-0.39, 0.29) is 18.2 Å². The number of ketones is 1. The van der Waals surface area contributed by atoms with Crippen LogP contribution in [0.25, 0.3) is 0 Å². The fraction of sp³-hybridized carbons (Fsp3) is 0.357. The molecule has 1 unspecified atom stereocenters. The average molecular weight is 344 g/mol. The highest BCUT2D eigenvalue weighted by Crippen LogP contribution is 2.42. The summed E-state index contributed by atoms with van der Waals surface area (Å²) in [5.41, 5.74) is -1.17. The zero-order valence-corrected chi connectivity index (χ0v) is 13.3. The normalized spacial score (nSPS) is 27.4. The molecule has 1 aromatic carbocycles. The molecule has 0 saturated carbocycles. The Balaban J connectivity index is 2.05. The van der Waals surface area contributed by atoms with Gasteiger partial charge in [0.1, 0.15) is 0 Å². The van der Waals surface area contributed by atoms with Crippen molar-refractivity contribution in [2.45, 2.75) is 18.9 Å². The number of aliphatic hydroxyl groups is 1. The van der Waals surface area contributed by atoms with E-state index in [1.165, 1.54) is 6.92 Å². The second-order valence-electron chi connectivity index (χ2n) is 5.34. The molecule has 0 bridgehead atoms. The number of ether oxygens (including phenoxy) is 1. The molecule has 0 aromatic heterocycles. The molecule has 1 atom stereocenters. The van der Waals surface area contributed by atoms with E-state index in [0.717, 1.165) is 4.31 Å². The van der Waals surface area contributed by atoms with Crippen LogP contribution in [0.15, 0.2) is 35.9 Å². The fourth-order valence-corrected chi connectivity index (χ4v) is 4.49. The van der Waals surface area contributed by atoms with Gasteiger partial charge in [-0.2, -0.15) is 0 Å². The second kappa shape index (κ2) is 4.89. The molecule has 0 spiro atoms. The minimum atomic E-state index is -3.56. The minimum absolute atomic E-state index is 0.0376. The second-order valence-corrected chi connectivity index (χ2v) is 7.76. The van der Waals surface area contributed by atoms with E-state index in [1.54, 1.807) is 24.3 Å². The molecular weight excluding hydrogens is 330 g/mol. The third kappa shape index (κ3) is 2.07. The van der Waals surface area contributed by atoms with E-state index in [0.29, 0.717) is 17.0 Å². The van der Waals surface area contributed by atoms with Gasteiger partial charge >= 0.3 is 0 Å². The molecule has 2 aliphatic heterocycles. The Morgan fingerprint density at radius 1 is 1.36 bits per heavy atom. The molecule has 22 heavy (non-hydrogen) atoms. The van der Waals surface area contributed by atoms with Crippen molar-refractivity contribution in [3.05, 3.63) is 46.5 Å². The van der Waals surface area contributed by atoms with Crippen LogP contribution in [0.5, 0.6) is 0 Å². The zero-order chi connectivity index (χ0) is 16.1. The molecule has 0 radical (unpaired) electrons. The van der Waals surface area contributed by atoms with E-state index in [2.05, 4.69) is 0 Å². The van der Waals surface area contributed by atoms with Crippen molar-refractivity contribution in [3.8, 4) is 0 Å². The van der Waals surface area contributed by atoms with E-state index in [1.807, 2.05) is 0 Å². The summed E-state index contributed by atoms with van der Waals surface area (Å²) in [5, 5.41) is 10.4. The highest BCUT2D eigenvalue weighted by Gasteiger charge is 2.52. The number of benzene rings is 1. The van der Waals surface area contributed by atoms with Crippen LogP contribution in [-0.2, 0) is 25.2 Å². The molecule has 1 N–H and O–H groups in total. The zero-order valence-electron chi connectivity index (χ0n) is 11.7. The monoisotopic (exact) mass is 343 g/mol. The van der Waals surface area contributed by atoms with Crippen molar-refractivity contribution >= 4 is 27.4 Å². The first-order valence-corrected chi connectivity index (χ1v) is 8.68. The molecule has 0 aliphatic carbocycles. The van der Waals surface area contributed by atoms with E-state index in [9.17, 15) is 18.3 Å². The molecule has 118 valence electrons. The lowest BCUT2D eigenvalue weighted by molar-refractivity contribution is -0.132. The standard InChI is InChI=1S/C14H14ClNO5S/c1-14(9-5-2-3-6-10(9)15)12(18)11(17)13(21-14)16-7-4-8-22(16,19)20/h2-3,5-6,17H,4,7-8H2,1H3. The summed E-state index contributed by atoms with van der Waals surface area (Å²) in [6.45, 7) is 1.63. The number of carbonyl (C=O) groups excluding carboxylic acids is 1. The Hall–Kier alpha value is -1.73. The summed E-state index contributed by atoms with van der Waals surface area (Å²) in [4.78, 5) is 12.4. The molecule has 6 nitrogen and oxygen atoms in total. The summed E-state index contributed by atoms with van der Waals surface area (Å²) in [6, 6.07) is 6.59. The van der Waals surface area contributed by atoms with Gasteiger partial charge in [-0.05, 0) is 19.4 Å². The summed E-state index contributed by atoms with van der Waals surface area (Å²) in [6.07, 6.45) is 0.416. The van der Waals surface area contributed by atoms with Crippen LogP contribution in [0.4, 0.5) is 0 Å². The van der Waals surface area contributed by atoms with Gasteiger partial charge in [0, 0.05) is 17.1 Å². The van der Waals surface area contributed by atoms with Crippen LogP contribution in [0, 0.1) is 0 Å². The number of hydrogen-bond acceptors (Lipinski definition) is 5. The van der Waals surface area contributed by atoms with Crippen molar-refractivity contribution < 1.29 is 23.1 Å². The maximum absolute atomic E-state index is 12.4. The van der Waals surface area contributed by atoms with Gasteiger partial charge in [-0.15, -0.1) is 0 Å². The van der Waals surface area contributed by atoms with Crippen molar-refractivity contribution in [1.82, 2.24) is 4.31 Å². The predicted molar refractivity (Wildman–Crippen MR) is 79.7 cm³/mol. The molecule has 2 heterocycles. The van der Waals surface area contributed by atoms with Crippen LogP contribution in [-0.4, -0.2) is 35.9 Å². The van der Waals surface area contributed by atoms with Gasteiger partial charge in [0.05, 0.1) is 5.75 Å². The average Bonchev–Trinajstić information content (AvgIpc) is 2.92. The lowest BCUT2D eigenvalue weighted by atomic mass is 9.91. The number of nitrogens with zero attached hydrogens (tertiary/aromatic N) is 1. The molecule has 1 fully saturated rings. The Kier molecular flexibility index (Phi) is 3.37. The summed E-state index contributed by atoms with van der Waals surface area (Å²) in [7, 11) is -3.56. The number of aliphatic hydroxyl groups excluding tert-OH is 1. The topological polar surface area (TPSA) is 83.9 Å². The summed E-state index contributed by atoms with van der Waals surface area (Å²) < 4.78 is 30.5. The van der Waals surface area contributed by atoms with E-state index in [4.69, 9.17) is 16.3 Å². The van der Waals surface area contributed by atoms with Gasteiger partial charge < -0.3 is 9.84 Å². The lowest BCUT2D eigenvalue weighted by Gasteiger charge is -2.26. The smallest absolute Gasteiger partial charge is 0.252 e. The Bertz CT molecular complexity index is 788. The third-order valence-electron chi connectivity index (χ3n) is 3.87. The van der Waals surface area contributed by atoms with Crippen LogP contribution >= 0.6 is 11.6 Å². The minimum Gasteiger partial charge on any atom is -0.501 e. The van der Waals surface area contributed by atoms with Crippen molar-refractivity contribution in [2.24, 2.45) is 0 Å². The Labute approximate surface area is 133 Å². The third-order valence-corrected chi connectivity index (χ3v) is 6.02. The van der Waals surface area contributed by atoms with Crippen molar-refractivity contribution in [3.63, 3.8) is 0 Å². The molecule has 1 aromatic rings. The lowest BCUT2D eigenvalue weighted by Crippen LogP contribution is -2.33. The van der Waals surface area contributed by atoms with Gasteiger partial charge in [0.2, 0.25) is 21.4 Å². The van der Waals surface area contributed by atoms with Crippen molar-refractivity contribution in [1.29, 1.82) is 0 Å². The van der Waals surface area contributed by atoms with Crippen molar-refractivity contribution in [2.75, 3.05) is 12.3 Å². The number of rotatable bonds is 2. The fourth-order valence-electron chi connectivity index (χ4n) is 2.67. The highest BCUT2D eigenvalue weighted by molar-refractivity contribution is 7.89. The molecule has 2 aliphatic rings. The number of hydrogen-bond donors (Lipinski definition) is 1. The van der Waals surface area contributed by atoms with Gasteiger partial charge in [0.25, 0.3) is 11.7 Å². The SMILES string of the molecule is CC1(c2ccccc2Cl)OC(N2CCCS2(=O)=O)=C(O)C1=O. The van der Waals surface area contributed by atoms with Gasteiger partial charge in [-0.1, -0.05) is 29.8 Å². The number of sulfonamides is 1. The number of carbonyl (C=O) groups is 1. The predicted octanol–water partition coefficient (Wildman–Crippen LogP) is 1.92. The summed E-state index contributed by atoms with van der Waals surface area (Å²) >= 11 is 6.11. The van der Waals surface area contributed by atoms with E-state index >= 15 is 0 Å². The molecule has 1 saturated heterocycles. The Morgan fingerprint density at radius 3 is 2.64 bits per heavy atom. The molecule has 8 heteroatoms. The van der Waals surface area contributed by atoms with Gasteiger partial charge in [-0.3, -0.25) is 4.79 Å². The molecule has 0 amide bonds. The first-order chi connectivity index (χ1) is 10.3. The van der Waals surface area contributed by atoms with Crippen LogP contribution in [0.2, 0.25) is 5.02 Å². The van der Waals surface area contributed by atoms with Crippen LogP contribution < -0.4 is 0 Å². The molecular formula is C14H14ClNO5S. The molecule has 3 rings (SSSR count). The quantitative estimate of drug-likeness (QED) is 0.886. The van der Waals surface area contributed by atoms with Crippen LogP contribution in [0.1, 0.15) is 18.9 Å². The maximum atomic E-state index is 12.4. The highest BCUT2D eigenvalue weighted by atomic mass is 35.5. The first kappa shape index (κ1) is 15.2. The largest absolute Gasteiger partial charge is 0.501 e. The maximum Gasteiger partial charge on any atom is 0.252 e. The van der Waals surface area contributed by atoms with Crippen LogP contribution in [0.3, 0.4) is 0 Å². The van der Waals surface area contributed by atoms with Gasteiger partial charge in [-0.25, -0.2) is 12.7 Å².